The smallest absolute Gasteiger partial charge is 0.221 e. The predicted molar refractivity (Wildman–Crippen MR) is 182 cm³/mol. The number of aromatic nitrogens is 4. The minimum Gasteiger partial charge on any atom is -0.372 e. The van der Waals surface area contributed by atoms with Crippen LogP contribution >= 0.6 is 0 Å². The Morgan fingerprint density at radius 2 is 1.43 bits per heavy atom. The van der Waals surface area contributed by atoms with Crippen molar-refractivity contribution in [2.75, 3.05) is 11.1 Å². The second-order valence-corrected chi connectivity index (χ2v) is 11.1. The number of benzene rings is 4. The lowest BCUT2D eigenvalue weighted by atomic mass is 9.76. The van der Waals surface area contributed by atoms with Crippen LogP contribution < -0.4 is 11.1 Å². The van der Waals surface area contributed by atoms with Crippen LogP contribution in [-0.2, 0) is 11.1 Å². The molecule has 1 unspecified atom stereocenters. The molecule has 2 heterocycles. The number of nitrogens with zero attached hydrogens (tertiary/aromatic N) is 4. The van der Waals surface area contributed by atoms with Gasteiger partial charge in [-0.2, -0.15) is 4.98 Å². The number of hydrogen-bond acceptors (Lipinski definition) is 7. The second-order valence-electron chi connectivity index (χ2n) is 11.1. The number of anilines is 3. The van der Waals surface area contributed by atoms with Crippen LogP contribution in [0.1, 0.15) is 47.4 Å². The second kappa shape index (κ2) is 12.5. The molecular weight excluding hydrogens is 570 g/mol. The van der Waals surface area contributed by atoms with Gasteiger partial charge in [-0.25, -0.2) is 9.97 Å². The fourth-order valence-corrected chi connectivity index (χ4v) is 5.63. The lowest BCUT2D eigenvalue weighted by Gasteiger charge is -2.37. The molecule has 0 bridgehead atoms. The average Bonchev–Trinajstić information content (AvgIpc) is 3.58. The Balaban J connectivity index is 1.41. The van der Waals surface area contributed by atoms with E-state index in [-0.39, 0.29) is 5.95 Å². The van der Waals surface area contributed by atoms with Gasteiger partial charge in [0.15, 0.2) is 5.60 Å². The van der Waals surface area contributed by atoms with Crippen molar-refractivity contribution >= 4 is 23.2 Å². The summed E-state index contributed by atoms with van der Waals surface area (Å²) in [7, 11) is 0. The van der Waals surface area contributed by atoms with Gasteiger partial charge >= 0.3 is 0 Å². The van der Waals surface area contributed by atoms with Crippen LogP contribution in [0.5, 0.6) is 0 Å². The Labute approximate surface area is 268 Å². The summed E-state index contributed by atoms with van der Waals surface area (Å²) in [5.41, 5.74) is 9.32. The van der Waals surface area contributed by atoms with Crippen molar-refractivity contribution < 1.29 is 5.11 Å². The first kappa shape index (κ1) is 30.0. The molecule has 0 aliphatic carbocycles. The lowest BCUT2D eigenvalue weighted by Crippen LogP contribution is -2.37. The Morgan fingerprint density at radius 3 is 1.98 bits per heavy atom. The zero-order valence-corrected chi connectivity index (χ0v) is 25.5. The zero-order chi connectivity index (χ0) is 32.1. The van der Waals surface area contributed by atoms with Gasteiger partial charge in [0, 0.05) is 34.9 Å². The Bertz CT molecular complexity index is 1950. The summed E-state index contributed by atoms with van der Waals surface area (Å²) in [4.78, 5) is 12.9. The van der Waals surface area contributed by atoms with Crippen LogP contribution in [0.2, 0.25) is 0 Å². The van der Waals surface area contributed by atoms with E-state index in [1.807, 2.05) is 79.0 Å². The molecule has 0 aliphatic heterocycles. The molecule has 8 nitrogen and oxygen atoms in total. The van der Waals surface area contributed by atoms with Gasteiger partial charge in [-0.1, -0.05) is 103 Å². The molecule has 0 aliphatic rings. The molecule has 0 spiro atoms. The van der Waals surface area contributed by atoms with E-state index in [1.165, 1.54) is 0 Å². The third kappa shape index (κ3) is 5.87. The quantitative estimate of drug-likeness (QED) is 0.0896. The first-order valence-corrected chi connectivity index (χ1v) is 14.8. The maximum atomic E-state index is 11.7. The number of rotatable bonds is 8. The maximum absolute atomic E-state index is 11.7. The number of nitrogens with two attached hydrogens (primary N) is 1. The van der Waals surface area contributed by atoms with E-state index in [4.69, 9.17) is 16.1 Å². The molecule has 2 aromatic heterocycles. The van der Waals surface area contributed by atoms with Crippen LogP contribution in [0, 0.1) is 17.3 Å². The van der Waals surface area contributed by atoms with Gasteiger partial charge in [-0.3, -0.25) is 0 Å². The summed E-state index contributed by atoms with van der Waals surface area (Å²) in [5, 5.41) is 23.1. The Kier molecular flexibility index (Phi) is 8.17. The molecule has 6 aromatic rings. The molecule has 0 amide bonds. The van der Waals surface area contributed by atoms with Gasteiger partial charge < -0.3 is 26.1 Å². The topological polar surface area (TPSA) is 126 Å². The Hall–Kier alpha value is -6.04. The van der Waals surface area contributed by atoms with Crippen molar-refractivity contribution in [1.29, 1.82) is 5.41 Å². The van der Waals surface area contributed by atoms with E-state index in [1.54, 1.807) is 32.4 Å². The molecule has 0 saturated heterocycles. The number of aliphatic hydroxyl groups is 1. The minimum atomic E-state index is -1.58. The molecule has 6 rings (SSSR count). The Morgan fingerprint density at radius 1 is 0.848 bits per heavy atom. The average molecular weight is 604 g/mol. The maximum Gasteiger partial charge on any atom is 0.221 e. The zero-order valence-electron chi connectivity index (χ0n) is 25.5. The van der Waals surface area contributed by atoms with E-state index in [0.29, 0.717) is 34.0 Å². The van der Waals surface area contributed by atoms with E-state index in [2.05, 4.69) is 68.1 Å². The van der Waals surface area contributed by atoms with Crippen molar-refractivity contribution in [1.82, 2.24) is 19.5 Å². The van der Waals surface area contributed by atoms with Crippen LogP contribution in [0.3, 0.4) is 0 Å². The molecule has 0 fully saturated rings. The molecule has 4 aromatic carbocycles. The number of nitrogens with one attached hydrogen (secondary N) is 2. The van der Waals surface area contributed by atoms with Crippen LogP contribution in [0.4, 0.5) is 17.5 Å². The highest BCUT2D eigenvalue weighted by molar-refractivity contribution is 6.02. The molecule has 46 heavy (non-hydrogen) atoms. The lowest BCUT2D eigenvalue weighted by molar-refractivity contribution is 0.117. The number of imidazole rings is 1. The van der Waals surface area contributed by atoms with Crippen molar-refractivity contribution in [3.05, 3.63) is 167 Å². The van der Waals surface area contributed by atoms with Crippen LogP contribution in [-0.4, -0.2) is 30.3 Å². The highest BCUT2D eigenvalue weighted by Crippen LogP contribution is 2.41. The number of nitrogen functional groups attached to an aromatic ring is 1. The van der Waals surface area contributed by atoms with Gasteiger partial charge in [0.1, 0.15) is 17.1 Å². The summed E-state index contributed by atoms with van der Waals surface area (Å²) in [6.45, 7) is 3.35. The first-order chi connectivity index (χ1) is 22.3. The van der Waals surface area contributed by atoms with Gasteiger partial charge in [-0.05, 0) is 54.8 Å². The summed E-state index contributed by atoms with van der Waals surface area (Å²) in [5.74, 6) is 6.78. The third-order valence-electron chi connectivity index (χ3n) is 7.85. The molecule has 0 radical (unpaired) electrons. The standard InChI is InChI=1S/C38H33N7O/c1-27(39)32-19-18-28(24-33(32)43-35-21-23-41-36(40)44-35)20-22-37(2,46)34-25-45(26-42-34)38(29-12-6-3-7-13-29,30-14-8-4-9-15-30)31-16-10-5-11-17-31/h3-19,21,23-26,39,46H,1-2H3,(H3,40,41,43,44). The van der Waals surface area contributed by atoms with Crippen molar-refractivity contribution in [3.8, 4) is 11.8 Å². The number of hydrogen-bond donors (Lipinski definition) is 4. The van der Waals surface area contributed by atoms with E-state index in [0.717, 1.165) is 16.7 Å². The molecule has 1 atom stereocenters. The largest absolute Gasteiger partial charge is 0.372 e. The fourth-order valence-electron chi connectivity index (χ4n) is 5.63. The minimum absolute atomic E-state index is 0.139. The van der Waals surface area contributed by atoms with Crippen LogP contribution in [0.25, 0.3) is 0 Å². The van der Waals surface area contributed by atoms with Crippen molar-refractivity contribution in [3.63, 3.8) is 0 Å². The molecule has 0 saturated carbocycles. The van der Waals surface area contributed by atoms with E-state index < -0.39 is 11.1 Å². The van der Waals surface area contributed by atoms with Crippen molar-refractivity contribution in [2.24, 2.45) is 0 Å². The third-order valence-corrected chi connectivity index (χ3v) is 7.85. The summed E-state index contributed by atoms with van der Waals surface area (Å²) >= 11 is 0. The summed E-state index contributed by atoms with van der Waals surface area (Å²) in [6, 6.07) is 38.0. The molecular formula is C38H33N7O. The first-order valence-electron chi connectivity index (χ1n) is 14.8. The molecule has 5 N–H and O–H groups in total. The normalized spacial score (nSPS) is 12.4. The SMILES string of the molecule is CC(=N)c1ccc(C#CC(C)(O)c2cn(C(c3ccccc3)(c3ccccc3)c3ccccc3)cn2)cc1Nc1ccnc(N)n1. The van der Waals surface area contributed by atoms with Crippen LogP contribution in [0.15, 0.2) is 134 Å². The fraction of sp³-hybridized carbons (Fsp3) is 0.105. The summed E-state index contributed by atoms with van der Waals surface area (Å²) < 4.78 is 2.05. The monoisotopic (exact) mass is 603 g/mol. The van der Waals surface area contributed by atoms with E-state index in [9.17, 15) is 5.11 Å². The van der Waals surface area contributed by atoms with Gasteiger partial charge in [0.25, 0.3) is 0 Å². The molecule has 8 heteroatoms. The highest BCUT2D eigenvalue weighted by Gasteiger charge is 2.39. The summed E-state index contributed by atoms with van der Waals surface area (Å²) in [6.07, 6.45) is 5.19. The van der Waals surface area contributed by atoms with E-state index >= 15 is 0 Å². The van der Waals surface area contributed by atoms with Gasteiger partial charge in [0.05, 0.1) is 6.33 Å². The predicted octanol–water partition coefficient (Wildman–Crippen LogP) is 6.49. The highest BCUT2D eigenvalue weighted by atomic mass is 16.3. The van der Waals surface area contributed by atoms with Gasteiger partial charge in [0.2, 0.25) is 5.95 Å². The van der Waals surface area contributed by atoms with Gasteiger partial charge in [-0.15, -0.1) is 0 Å². The van der Waals surface area contributed by atoms with Crippen molar-refractivity contribution in [2.45, 2.75) is 25.0 Å². The molecule has 226 valence electrons.